The minimum Gasteiger partial charge on any atom is -0.393 e. The maximum Gasteiger partial charge on any atom is 0.417 e. The molecule has 0 heterocycles. The number of halogens is 3. The third-order valence-electron chi connectivity index (χ3n) is 3.06. The number of hydrogen-bond donors (Lipinski definition) is 3. The van der Waals surface area contributed by atoms with Crippen molar-refractivity contribution in [2.45, 2.75) is 32.5 Å². The molecule has 0 aliphatic carbocycles. The number of carbonyl (C=O) groups is 1. The maximum atomic E-state index is 12.8. The fourth-order valence-corrected chi connectivity index (χ4v) is 2.06. The van der Waals surface area contributed by atoms with Crippen LogP contribution in [0.15, 0.2) is 18.2 Å². The van der Waals surface area contributed by atoms with Gasteiger partial charge in [0, 0.05) is 12.2 Å². The molecule has 2 amide bonds. The number of amides is 2. The van der Waals surface area contributed by atoms with E-state index in [0.717, 1.165) is 12.1 Å². The van der Waals surface area contributed by atoms with Crippen LogP contribution < -0.4 is 10.6 Å². The number of rotatable bonds is 5. The first-order chi connectivity index (χ1) is 10.6. The number of carbonyl (C=O) groups excluding carboxylic acids is 1. The summed E-state index contributed by atoms with van der Waals surface area (Å²) >= 11 is 0. The molecule has 8 heteroatoms. The normalized spacial score (nSPS) is 13.8. The van der Waals surface area contributed by atoms with Crippen molar-refractivity contribution in [1.82, 2.24) is 5.32 Å². The molecule has 3 N–H and O–H groups in total. The van der Waals surface area contributed by atoms with Gasteiger partial charge in [0.1, 0.15) is 0 Å². The molecule has 0 saturated carbocycles. The van der Waals surface area contributed by atoms with Crippen LogP contribution in [0.25, 0.3) is 0 Å². The van der Waals surface area contributed by atoms with E-state index >= 15 is 0 Å². The van der Waals surface area contributed by atoms with E-state index in [0.29, 0.717) is 6.42 Å². The number of aliphatic hydroxyl groups is 1. The van der Waals surface area contributed by atoms with Gasteiger partial charge < -0.3 is 15.7 Å². The summed E-state index contributed by atoms with van der Waals surface area (Å²) in [6.45, 7) is 3.74. The second kappa shape index (κ2) is 7.83. The standard InChI is InChI=1S/C15H18F3N3O2/c1-9(5-10(2)22)8-20-14(23)21-12-4-3-11(7-19)13(6-12)15(16,17)18/h3-4,6,9-10,22H,5,8H2,1-2H3,(H2,20,21,23). The predicted octanol–water partition coefficient (Wildman–Crippen LogP) is 3.11. The Kier molecular flexibility index (Phi) is 6.39. The number of benzene rings is 1. The molecule has 5 nitrogen and oxygen atoms in total. The van der Waals surface area contributed by atoms with Gasteiger partial charge in [-0.25, -0.2) is 4.79 Å². The summed E-state index contributed by atoms with van der Waals surface area (Å²) in [6, 6.07) is 3.77. The highest BCUT2D eigenvalue weighted by molar-refractivity contribution is 5.89. The SMILES string of the molecule is CC(O)CC(C)CNC(=O)Nc1ccc(C#N)c(C(F)(F)F)c1. The smallest absolute Gasteiger partial charge is 0.393 e. The fraction of sp³-hybridized carbons (Fsp3) is 0.467. The van der Waals surface area contributed by atoms with Crippen molar-refractivity contribution in [1.29, 1.82) is 5.26 Å². The molecule has 0 bridgehead atoms. The topological polar surface area (TPSA) is 85.2 Å². The number of nitrogens with zero attached hydrogens (tertiary/aromatic N) is 1. The highest BCUT2D eigenvalue weighted by Crippen LogP contribution is 2.33. The molecule has 126 valence electrons. The predicted molar refractivity (Wildman–Crippen MR) is 78.6 cm³/mol. The molecular formula is C15H18F3N3O2. The Hall–Kier alpha value is -2.27. The van der Waals surface area contributed by atoms with Crippen LogP contribution in [0.1, 0.15) is 31.4 Å². The highest BCUT2D eigenvalue weighted by Gasteiger charge is 2.33. The minimum atomic E-state index is -4.68. The van der Waals surface area contributed by atoms with E-state index in [2.05, 4.69) is 10.6 Å². The van der Waals surface area contributed by atoms with Crippen molar-refractivity contribution >= 4 is 11.7 Å². The molecule has 1 aromatic carbocycles. The second-order valence-corrected chi connectivity index (χ2v) is 5.39. The van der Waals surface area contributed by atoms with E-state index in [-0.39, 0.29) is 18.2 Å². The Labute approximate surface area is 132 Å². The average Bonchev–Trinajstić information content (AvgIpc) is 2.43. The Balaban J connectivity index is 2.71. The summed E-state index contributed by atoms with van der Waals surface area (Å²) < 4.78 is 38.5. The van der Waals surface area contributed by atoms with E-state index in [1.54, 1.807) is 6.92 Å². The van der Waals surface area contributed by atoms with Crippen molar-refractivity contribution in [2.24, 2.45) is 5.92 Å². The summed E-state index contributed by atoms with van der Waals surface area (Å²) in [7, 11) is 0. The highest BCUT2D eigenvalue weighted by atomic mass is 19.4. The molecule has 1 aromatic rings. The number of alkyl halides is 3. The van der Waals surface area contributed by atoms with Gasteiger partial charge in [-0.15, -0.1) is 0 Å². The van der Waals surface area contributed by atoms with Crippen molar-refractivity contribution in [2.75, 3.05) is 11.9 Å². The van der Waals surface area contributed by atoms with Gasteiger partial charge in [-0.1, -0.05) is 6.92 Å². The lowest BCUT2D eigenvalue weighted by Gasteiger charge is -2.15. The van der Waals surface area contributed by atoms with Crippen LogP contribution in [0.5, 0.6) is 0 Å². The lowest BCUT2D eigenvalue weighted by atomic mass is 10.1. The van der Waals surface area contributed by atoms with E-state index < -0.39 is 29.4 Å². The zero-order chi connectivity index (χ0) is 17.6. The molecule has 2 unspecified atom stereocenters. The van der Waals surface area contributed by atoms with Gasteiger partial charge in [0.25, 0.3) is 0 Å². The van der Waals surface area contributed by atoms with Gasteiger partial charge in [0.2, 0.25) is 0 Å². The van der Waals surface area contributed by atoms with Crippen molar-refractivity contribution in [3.63, 3.8) is 0 Å². The summed E-state index contributed by atoms with van der Waals surface area (Å²) in [6.07, 6.45) is -4.68. The molecule has 0 aliphatic heterocycles. The molecule has 1 rings (SSSR count). The summed E-state index contributed by atoms with van der Waals surface area (Å²) in [4.78, 5) is 11.7. The number of nitrogens with one attached hydrogen (secondary N) is 2. The molecule has 0 aliphatic rings. The second-order valence-electron chi connectivity index (χ2n) is 5.39. The molecule has 0 spiro atoms. The number of hydrogen-bond acceptors (Lipinski definition) is 3. The van der Waals surface area contributed by atoms with Gasteiger partial charge in [0.05, 0.1) is 23.3 Å². The van der Waals surface area contributed by atoms with Gasteiger partial charge in [0.15, 0.2) is 0 Å². The molecule has 2 atom stereocenters. The summed E-state index contributed by atoms with van der Waals surface area (Å²) in [5.74, 6) is 0.0208. The molecule has 0 fully saturated rings. The summed E-state index contributed by atoms with van der Waals surface area (Å²) in [5.41, 5.74) is -1.66. The number of anilines is 1. The number of aliphatic hydroxyl groups excluding tert-OH is 1. The van der Waals surface area contributed by atoms with Crippen LogP contribution in [0, 0.1) is 17.2 Å². The van der Waals surface area contributed by atoms with Crippen LogP contribution in [0.2, 0.25) is 0 Å². The van der Waals surface area contributed by atoms with Gasteiger partial charge in [-0.05, 0) is 37.5 Å². The van der Waals surface area contributed by atoms with E-state index in [9.17, 15) is 23.1 Å². The van der Waals surface area contributed by atoms with E-state index in [1.165, 1.54) is 12.1 Å². The van der Waals surface area contributed by atoms with Crippen LogP contribution in [-0.4, -0.2) is 23.8 Å². The van der Waals surface area contributed by atoms with Crippen molar-refractivity contribution < 1.29 is 23.1 Å². The van der Waals surface area contributed by atoms with Crippen molar-refractivity contribution in [3.05, 3.63) is 29.3 Å². The Morgan fingerprint density at radius 1 is 1.39 bits per heavy atom. The Morgan fingerprint density at radius 2 is 2.04 bits per heavy atom. The van der Waals surface area contributed by atoms with Crippen LogP contribution in [-0.2, 0) is 6.18 Å². The number of nitriles is 1. The first kappa shape index (κ1) is 18.8. The molecular weight excluding hydrogens is 311 g/mol. The van der Waals surface area contributed by atoms with Crippen LogP contribution in [0.4, 0.5) is 23.7 Å². The largest absolute Gasteiger partial charge is 0.417 e. The quantitative estimate of drug-likeness (QED) is 0.776. The first-order valence-corrected chi connectivity index (χ1v) is 6.97. The maximum absolute atomic E-state index is 12.8. The van der Waals surface area contributed by atoms with Gasteiger partial charge >= 0.3 is 12.2 Å². The fourth-order valence-electron chi connectivity index (χ4n) is 2.06. The van der Waals surface area contributed by atoms with Gasteiger partial charge in [-0.3, -0.25) is 0 Å². The average molecular weight is 329 g/mol. The third kappa shape index (κ3) is 6.16. The molecule has 0 radical (unpaired) electrons. The zero-order valence-corrected chi connectivity index (χ0v) is 12.7. The van der Waals surface area contributed by atoms with Crippen LogP contribution >= 0.6 is 0 Å². The lowest BCUT2D eigenvalue weighted by Crippen LogP contribution is -2.33. The third-order valence-corrected chi connectivity index (χ3v) is 3.06. The molecule has 23 heavy (non-hydrogen) atoms. The van der Waals surface area contributed by atoms with E-state index in [4.69, 9.17) is 5.26 Å². The van der Waals surface area contributed by atoms with Crippen LogP contribution in [0.3, 0.4) is 0 Å². The monoisotopic (exact) mass is 329 g/mol. The Bertz CT molecular complexity index is 595. The summed E-state index contributed by atoms with van der Waals surface area (Å²) in [5, 5.41) is 22.7. The number of urea groups is 1. The van der Waals surface area contributed by atoms with Gasteiger partial charge in [-0.2, -0.15) is 18.4 Å². The van der Waals surface area contributed by atoms with Crippen molar-refractivity contribution in [3.8, 4) is 6.07 Å². The molecule has 0 saturated heterocycles. The lowest BCUT2D eigenvalue weighted by molar-refractivity contribution is -0.137. The Morgan fingerprint density at radius 3 is 2.57 bits per heavy atom. The molecule has 0 aromatic heterocycles. The first-order valence-electron chi connectivity index (χ1n) is 6.97. The minimum absolute atomic E-state index is 0.0208. The van der Waals surface area contributed by atoms with E-state index in [1.807, 2.05) is 6.92 Å². The zero-order valence-electron chi connectivity index (χ0n) is 12.7.